The van der Waals surface area contributed by atoms with Crippen LogP contribution in [0.15, 0.2) is 53.0 Å². The molecule has 7 nitrogen and oxygen atoms in total. The van der Waals surface area contributed by atoms with Crippen LogP contribution < -0.4 is 15.0 Å². The van der Waals surface area contributed by atoms with Crippen molar-refractivity contribution in [3.8, 4) is 5.75 Å². The van der Waals surface area contributed by atoms with Crippen LogP contribution in [0.5, 0.6) is 5.75 Å². The van der Waals surface area contributed by atoms with Crippen molar-refractivity contribution in [3.63, 3.8) is 0 Å². The van der Waals surface area contributed by atoms with Gasteiger partial charge in [-0.2, -0.15) is 0 Å². The topological polar surface area (TPSA) is 84.4 Å². The largest absolute Gasteiger partial charge is 0.497 e. The zero-order chi connectivity index (χ0) is 20.4. The second-order valence-electron chi connectivity index (χ2n) is 6.51. The van der Waals surface area contributed by atoms with Crippen LogP contribution in [-0.2, 0) is 4.79 Å². The fourth-order valence-electron chi connectivity index (χ4n) is 3.13. The molecule has 0 bridgehead atoms. The summed E-state index contributed by atoms with van der Waals surface area (Å²) < 4.78 is 5.99. The number of methoxy groups -OCH3 is 1. The molecule has 0 unspecified atom stereocenters. The maximum atomic E-state index is 12.5. The lowest BCUT2D eigenvalue weighted by Gasteiger charge is -2.16. The van der Waals surface area contributed by atoms with E-state index in [1.54, 1.807) is 30.2 Å². The molecule has 1 fully saturated rings. The number of rotatable bonds is 5. The van der Waals surface area contributed by atoms with Gasteiger partial charge >= 0.3 is 0 Å². The van der Waals surface area contributed by atoms with Gasteiger partial charge in [0.2, 0.25) is 11.0 Å². The lowest BCUT2D eigenvalue weighted by atomic mass is 10.1. The number of carbonyl (C=O) groups excluding carboxylic acids is 2. The molecule has 0 saturated carbocycles. The quantitative estimate of drug-likeness (QED) is 0.604. The molecule has 0 aliphatic carbocycles. The molecule has 2 aromatic carbocycles. The number of benzene rings is 2. The zero-order valence-electron chi connectivity index (χ0n) is 15.5. The van der Waals surface area contributed by atoms with Crippen molar-refractivity contribution in [1.29, 1.82) is 0 Å². The number of nitrogens with zero attached hydrogens (tertiary/aromatic N) is 3. The summed E-state index contributed by atoms with van der Waals surface area (Å²) in [5, 5.41) is 12.2. The number of halogens is 1. The molecule has 3 aromatic rings. The van der Waals surface area contributed by atoms with E-state index in [4.69, 9.17) is 4.74 Å². The van der Waals surface area contributed by atoms with Crippen LogP contribution in [0.4, 0.5) is 10.8 Å². The minimum atomic E-state index is -0.253. The normalized spacial score (nSPS) is 16.1. The number of hydrogen-bond donors (Lipinski definition) is 1. The van der Waals surface area contributed by atoms with Crippen molar-refractivity contribution in [2.24, 2.45) is 0 Å². The van der Waals surface area contributed by atoms with Crippen molar-refractivity contribution in [3.05, 3.63) is 63.6 Å². The monoisotopic (exact) mass is 472 g/mol. The fourth-order valence-corrected chi connectivity index (χ4v) is 4.36. The standard InChI is InChI=1S/C20H17BrN4O3S/c1-28-16-7-5-15(6-8-16)25-11-13(10-17(25)26)19-23-24-20(29-19)22-18(27)12-3-2-4-14(21)9-12/h2-9,13H,10-11H2,1H3,(H,22,24,27)/t13-/m1/s1. The minimum Gasteiger partial charge on any atom is -0.497 e. The highest BCUT2D eigenvalue weighted by molar-refractivity contribution is 9.10. The third-order valence-corrected chi connectivity index (χ3v) is 6.10. The number of aromatic nitrogens is 2. The smallest absolute Gasteiger partial charge is 0.257 e. The average molecular weight is 473 g/mol. The molecule has 148 valence electrons. The average Bonchev–Trinajstić information content (AvgIpc) is 3.34. The highest BCUT2D eigenvalue weighted by Crippen LogP contribution is 2.34. The van der Waals surface area contributed by atoms with E-state index in [1.165, 1.54) is 11.3 Å². The molecule has 0 radical (unpaired) electrons. The number of carbonyl (C=O) groups is 2. The molecule has 4 rings (SSSR count). The molecule has 1 aliphatic heterocycles. The summed E-state index contributed by atoms with van der Waals surface area (Å²) in [7, 11) is 1.61. The Labute approximate surface area is 179 Å². The second kappa shape index (κ2) is 8.30. The van der Waals surface area contributed by atoms with Crippen LogP contribution in [0.3, 0.4) is 0 Å². The van der Waals surface area contributed by atoms with E-state index in [-0.39, 0.29) is 17.7 Å². The Balaban J connectivity index is 1.44. The summed E-state index contributed by atoms with van der Waals surface area (Å²) in [4.78, 5) is 26.6. The molecular weight excluding hydrogens is 456 g/mol. The van der Waals surface area contributed by atoms with Gasteiger partial charge in [-0.1, -0.05) is 33.3 Å². The third kappa shape index (κ3) is 4.30. The van der Waals surface area contributed by atoms with Crippen molar-refractivity contribution in [2.75, 3.05) is 23.9 Å². The first kappa shape index (κ1) is 19.5. The summed E-state index contributed by atoms with van der Waals surface area (Å²) in [5.41, 5.74) is 1.35. The first-order chi connectivity index (χ1) is 14.0. The molecule has 1 atom stereocenters. The third-order valence-electron chi connectivity index (χ3n) is 4.61. The van der Waals surface area contributed by atoms with Crippen LogP contribution in [0, 0.1) is 0 Å². The van der Waals surface area contributed by atoms with Crippen LogP contribution >= 0.6 is 27.3 Å². The van der Waals surface area contributed by atoms with Gasteiger partial charge in [0.1, 0.15) is 10.8 Å². The summed E-state index contributed by atoms with van der Waals surface area (Å²) in [5.74, 6) is 0.469. The van der Waals surface area contributed by atoms with Gasteiger partial charge in [-0.15, -0.1) is 10.2 Å². The molecule has 9 heteroatoms. The molecule has 1 N–H and O–H groups in total. The molecular formula is C20H17BrN4O3S. The van der Waals surface area contributed by atoms with Crippen molar-refractivity contribution >= 4 is 49.9 Å². The van der Waals surface area contributed by atoms with E-state index in [2.05, 4.69) is 31.4 Å². The molecule has 2 amide bonds. The van der Waals surface area contributed by atoms with Gasteiger partial charge in [0.25, 0.3) is 5.91 Å². The Morgan fingerprint density at radius 1 is 1.24 bits per heavy atom. The van der Waals surface area contributed by atoms with Crippen molar-refractivity contribution < 1.29 is 14.3 Å². The number of amides is 2. The van der Waals surface area contributed by atoms with Crippen molar-refractivity contribution in [1.82, 2.24) is 10.2 Å². The lowest BCUT2D eigenvalue weighted by molar-refractivity contribution is -0.117. The van der Waals surface area contributed by atoms with Crippen LogP contribution in [-0.4, -0.2) is 35.7 Å². The van der Waals surface area contributed by atoms with E-state index in [1.807, 2.05) is 30.3 Å². The predicted molar refractivity (Wildman–Crippen MR) is 115 cm³/mol. The minimum absolute atomic E-state index is 0.0371. The highest BCUT2D eigenvalue weighted by Gasteiger charge is 2.34. The van der Waals surface area contributed by atoms with Crippen LogP contribution in [0.2, 0.25) is 0 Å². The molecule has 29 heavy (non-hydrogen) atoms. The first-order valence-electron chi connectivity index (χ1n) is 8.88. The van der Waals surface area contributed by atoms with Gasteiger partial charge in [-0.3, -0.25) is 14.9 Å². The molecule has 1 saturated heterocycles. The summed E-state index contributed by atoms with van der Waals surface area (Å²) in [6.07, 6.45) is 0.361. The van der Waals surface area contributed by atoms with E-state index < -0.39 is 0 Å². The molecule has 1 aromatic heterocycles. The molecule has 0 spiro atoms. The number of ether oxygens (including phenoxy) is 1. The fraction of sp³-hybridized carbons (Fsp3) is 0.200. The Morgan fingerprint density at radius 3 is 2.76 bits per heavy atom. The number of anilines is 2. The summed E-state index contributed by atoms with van der Waals surface area (Å²) in [6.45, 7) is 0.527. The molecule has 2 heterocycles. The van der Waals surface area contributed by atoms with E-state index >= 15 is 0 Å². The van der Waals surface area contributed by atoms with Crippen LogP contribution in [0.1, 0.15) is 27.7 Å². The Kier molecular flexibility index (Phi) is 5.59. The predicted octanol–water partition coefficient (Wildman–Crippen LogP) is 4.08. The summed E-state index contributed by atoms with van der Waals surface area (Å²) >= 11 is 4.65. The molecule has 1 aliphatic rings. The van der Waals surface area contributed by atoms with Gasteiger partial charge < -0.3 is 9.64 Å². The lowest BCUT2D eigenvalue weighted by Crippen LogP contribution is -2.24. The van der Waals surface area contributed by atoms with Crippen molar-refractivity contribution in [2.45, 2.75) is 12.3 Å². The Bertz CT molecular complexity index is 1050. The highest BCUT2D eigenvalue weighted by atomic mass is 79.9. The van der Waals surface area contributed by atoms with Gasteiger partial charge in [-0.05, 0) is 42.5 Å². The van der Waals surface area contributed by atoms with E-state index in [0.29, 0.717) is 23.7 Å². The van der Waals surface area contributed by atoms with E-state index in [0.717, 1.165) is 20.9 Å². The first-order valence-corrected chi connectivity index (χ1v) is 10.5. The SMILES string of the molecule is COc1ccc(N2C[C@H](c3nnc(NC(=O)c4cccc(Br)c4)s3)CC2=O)cc1. The number of hydrogen-bond acceptors (Lipinski definition) is 6. The van der Waals surface area contributed by atoms with E-state index in [9.17, 15) is 9.59 Å². The van der Waals surface area contributed by atoms with Gasteiger partial charge in [0.05, 0.1) is 7.11 Å². The number of nitrogens with one attached hydrogen (secondary N) is 1. The van der Waals surface area contributed by atoms with Gasteiger partial charge in [-0.25, -0.2) is 0 Å². The maximum Gasteiger partial charge on any atom is 0.257 e. The van der Waals surface area contributed by atoms with Crippen LogP contribution in [0.25, 0.3) is 0 Å². The van der Waals surface area contributed by atoms with Gasteiger partial charge in [0, 0.05) is 34.6 Å². The Hall–Kier alpha value is -2.78. The van der Waals surface area contributed by atoms with Gasteiger partial charge in [0.15, 0.2) is 0 Å². The zero-order valence-corrected chi connectivity index (χ0v) is 17.9. The Morgan fingerprint density at radius 2 is 2.03 bits per heavy atom. The summed E-state index contributed by atoms with van der Waals surface area (Å²) in [6, 6.07) is 14.5. The second-order valence-corrected chi connectivity index (χ2v) is 8.44. The maximum absolute atomic E-state index is 12.5.